The van der Waals surface area contributed by atoms with E-state index in [1.54, 1.807) is 0 Å². The summed E-state index contributed by atoms with van der Waals surface area (Å²) in [5, 5.41) is 0. The van der Waals surface area contributed by atoms with Crippen molar-refractivity contribution < 1.29 is 0 Å². The Morgan fingerprint density at radius 3 is 2.87 bits per heavy atom. The first kappa shape index (κ1) is 12.0. The van der Waals surface area contributed by atoms with Crippen molar-refractivity contribution in [2.45, 2.75) is 51.9 Å². The molecule has 82 valence electrons. The van der Waals surface area contributed by atoms with Gasteiger partial charge >= 0.3 is 0 Å². The first-order valence-electron chi connectivity index (χ1n) is 6.11. The van der Waals surface area contributed by atoms with E-state index in [4.69, 9.17) is 0 Å². The molecule has 0 aromatic carbocycles. The molecule has 1 rings (SSSR count). The van der Waals surface area contributed by atoms with Crippen LogP contribution in [0.2, 0.25) is 0 Å². The maximum absolute atomic E-state index is 4.41. The lowest BCUT2D eigenvalue weighted by molar-refractivity contribution is 0.615. The van der Waals surface area contributed by atoms with Gasteiger partial charge in [0.05, 0.1) is 0 Å². The van der Waals surface area contributed by atoms with Gasteiger partial charge in [0.2, 0.25) is 0 Å². The lowest BCUT2D eigenvalue weighted by atomic mass is 10.1. The van der Waals surface area contributed by atoms with Gasteiger partial charge in [0, 0.05) is 5.71 Å². The molecule has 1 heteroatoms. The molecule has 0 saturated carbocycles. The summed E-state index contributed by atoms with van der Waals surface area (Å²) in [5.41, 5.74) is 1.21. The van der Waals surface area contributed by atoms with E-state index >= 15 is 0 Å². The molecular weight excluding hydrogens is 182 g/mol. The fraction of sp³-hybridized carbons (Fsp3) is 0.643. The third-order valence-corrected chi connectivity index (χ3v) is 2.61. The Morgan fingerprint density at radius 1 is 1.20 bits per heavy atom. The third-order valence-electron chi connectivity index (χ3n) is 2.61. The van der Waals surface area contributed by atoms with Gasteiger partial charge in [0.1, 0.15) is 6.54 Å². The van der Waals surface area contributed by atoms with Crippen LogP contribution >= 0.6 is 0 Å². The van der Waals surface area contributed by atoms with Gasteiger partial charge in [-0.3, -0.25) is 4.99 Å². The first-order valence-corrected chi connectivity index (χ1v) is 6.11. The second-order valence-electron chi connectivity index (χ2n) is 3.98. The molecule has 0 radical (unpaired) electrons. The van der Waals surface area contributed by atoms with Crippen molar-refractivity contribution in [2.75, 3.05) is 6.54 Å². The van der Waals surface area contributed by atoms with Gasteiger partial charge in [0.15, 0.2) is 0 Å². The maximum atomic E-state index is 4.41. The standard InChI is InChI=1S/C14H21N/c1-2-3-4-5-6-8-11-14-12-9-7-10-13-15-14/h9,12H,2-6,8,11,13H2,1H3. The molecule has 0 fully saturated rings. The van der Waals surface area contributed by atoms with E-state index in [0.29, 0.717) is 6.54 Å². The zero-order valence-electron chi connectivity index (χ0n) is 9.76. The molecule has 0 N–H and O–H groups in total. The highest BCUT2D eigenvalue weighted by atomic mass is 14.7. The van der Waals surface area contributed by atoms with Crippen LogP contribution in [0.25, 0.3) is 0 Å². The molecule has 0 unspecified atom stereocenters. The van der Waals surface area contributed by atoms with Gasteiger partial charge < -0.3 is 0 Å². The van der Waals surface area contributed by atoms with E-state index in [9.17, 15) is 0 Å². The lowest BCUT2D eigenvalue weighted by Gasteiger charge is -2.01. The predicted octanol–water partition coefficient (Wildman–Crippen LogP) is 3.75. The Balaban J connectivity index is 2.02. The number of hydrogen-bond donors (Lipinski definition) is 0. The minimum atomic E-state index is 0.679. The van der Waals surface area contributed by atoms with Crippen molar-refractivity contribution in [1.82, 2.24) is 0 Å². The molecular formula is C14H21N. The van der Waals surface area contributed by atoms with E-state index < -0.39 is 0 Å². The number of unbranched alkanes of at least 4 members (excludes halogenated alkanes) is 5. The maximum Gasteiger partial charge on any atom is 0.100 e. The van der Waals surface area contributed by atoms with Crippen molar-refractivity contribution in [2.24, 2.45) is 4.99 Å². The third kappa shape index (κ3) is 6.12. The summed E-state index contributed by atoms with van der Waals surface area (Å²) in [6, 6.07) is 0. The van der Waals surface area contributed by atoms with Crippen LogP contribution in [0.3, 0.4) is 0 Å². The number of nitrogens with zero attached hydrogens (tertiary/aromatic N) is 1. The van der Waals surface area contributed by atoms with E-state index in [2.05, 4.69) is 29.8 Å². The smallest absolute Gasteiger partial charge is 0.100 e. The molecule has 1 aliphatic rings. The highest BCUT2D eigenvalue weighted by Gasteiger charge is 1.96. The van der Waals surface area contributed by atoms with E-state index in [0.717, 1.165) is 6.42 Å². The molecule has 0 bridgehead atoms. The second kappa shape index (κ2) is 8.29. The van der Waals surface area contributed by atoms with E-state index in [1.807, 2.05) is 6.08 Å². The zero-order valence-corrected chi connectivity index (χ0v) is 9.76. The minimum Gasteiger partial charge on any atom is -0.277 e. The van der Waals surface area contributed by atoms with Crippen LogP contribution in [-0.4, -0.2) is 12.3 Å². The van der Waals surface area contributed by atoms with Crippen LogP contribution in [0.5, 0.6) is 0 Å². The van der Waals surface area contributed by atoms with Crippen molar-refractivity contribution in [1.29, 1.82) is 0 Å². The molecule has 1 nitrogen and oxygen atoms in total. The molecule has 15 heavy (non-hydrogen) atoms. The fourth-order valence-electron chi connectivity index (χ4n) is 1.69. The van der Waals surface area contributed by atoms with Gasteiger partial charge in [-0.05, 0) is 25.0 Å². The Kier molecular flexibility index (Phi) is 6.66. The normalized spacial score (nSPS) is 14.1. The molecule has 0 aliphatic carbocycles. The fourth-order valence-corrected chi connectivity index (χ4v) is 1.69. The summed E-state index contributed by atoms with van der Waals surface area (Å²) in [6.45, 7) is 2.93. The molecule has 1 aliphatic heterocycles. The summed E-state index contributed by atoms with van der Waals surface area (Å²) in [5.74, 6) is 5.92. The largest absolute Gasteiger partial charge is 0.277 e. The van der Waals surface area contributed by atoms with Crippen molar-refractivity contribution in [3.8, 4) is 11.8 Å². The Morgan fingerprint density at radius 2 is 2.00 bits per heavy atom. The monoisotopic (exact) mass is 203 g/mol. The summed E-state index contributed by atoms with van der Waals surface area (Å²) in [7, 11) is 0. The number of rotatable bonds is 7. The summed E-state index contributed by atoms with van der Waals surface area (Å²) in [4.78, 5) is 4.41. The molecule has 0 atom stereocenters. The van der Waals surface area contributed by atoms with Gasteiger partial charge in [0.25, 0.3) is 0 Å². The van der Waals surface area contributed by atoms with Crippen LogP contribution in [0.4, 0.5) is 0 Å². The van der Waals surface area contributed by atoms with E-state index in [-0.39, 0.29) is 0 Å². The summed E-state index contributed by atoms with van der Waals surface area (Å²) < 4.78 is 0. The minimum absolute atomic E-state index is 0.679. The highest BCUT2D eigenvalue weighted by molar-refractivity contribution is 5.95. The Labute approximate surface area is 93.7 Å². The van der Waals surface area contributed by atoms with Crippen molar-refractivity contribution in [3.63, 3.8) is 0 Å². The van der Waals surface area contributed by atoms with Crippen molar-refractivity contribution >= 4 is 5.71 Å². The van der Waals surface area contributed by atoms with Gasteiger partial charge in [-0.2, -0.15) is 0 Å². The van der Waals surface area contributed by atoms with Gasteiger partial charge in [-0.25, -0.2) is 0 Å². The van der Waals surface area contributed by atoms with Crippen LogP contribution in [-0.2, 0) is 0 Å². The first-order chi connectivity index (χ1) is 7.43. The van der Waals surface area contributed by atoms with Crippen LogP contribution in [0, 0.1) is 11.8 Å². The van der Waals surface area contributed by atoms with Crippen LogP contribution < -0.4 is 0 Å². The number of allylic oxidation sites excluding steroid dienone is 2. The van der Waals surface area contributed by atoms with Crippen molar-refractivity contribution in [3.05, 3.63) is 12.2 Å². The van der Waals surface area contributed by atoms with Crippen LogP contribution in [0.15, 0.2) is 17.1 Å². The SMILES string of the molecule is CCCCCCCCC1=NCC#CC=C1. The Bertz CT molecular complexity index is 275. The summed E-state index contributed by atoms with van der Waals surface area (Å²) in [6.07, 6.45) is 13.2. The van der Waals surface area contributed by atoms with Gasteiger partial charge in [-0.15, -0.1) is 0 Å². The highest BCUT2D eigenvalue weighted by Crippen LogP contribution is 2.08. The molecule has 0 amide bonds. The average Bonchev–Trinajstić information content (AvgIpc) is 2.52. The summed E-state index contributed by atoms with van der Waals surface area (Å²) >= 11 is 0. The quantitative estimate of drug-likeness (QED) is 0.441. The molecule has 0 aromatic rings. The van der Waals surface area contributed by atoms with E-state index in [1.165, 1.54) is 44.2 Å². The Hall–Kier alpha value is -1.03. The molecule has 1 heterocycles. The molecule has 0 saturated heterocycles. The molecule has 0 spiro atoms. The number of hydrogen-bond acceptors (Lipinski definition) is 1. The zero-order chi connectivity index (χ0) is 10.8. The average molecular weight is 203 g/mol. The van der Waals surface area contributed by atoms with Crippen LogP contribution in [0.1, 0.15) is 51.9 Å². The second-order valence-corrected chi connectivity index (χ2v) is 3.98. The predicted molar refractivity (Wildman–Crippen MR) is 67.2 cm³/mol. The topological polar surface area (TPSA) is 12.4 Å². The molecule has 0 aromatic heterocycles. The van der Waals surface area contributed by atoms with Gasteiger partial charge in [-0.1, -0.05) is 50.9 Å². The lowest BCUT2D eigenvalue weighted by Crippen LogP contribution is -1.94. The number of aliphatic imine (C=N–C) groups is 1.